The Bertz CT molecular complexity index is 1250. The summed E-state index contributed by atoms with van der Waals surface area (Å²) >= 11 is 6.03. The number of hydrogen-bond donors (Lipinski definition) is 2. The molecule has 0 aliphatic carbocycles. The molecule has 2 N–H and O–H groups in total. The zero-order valence-corrected chi connectivity index (χ0v) is 14.6. The van der Waals surface area contributed by atoms with Crippen LogP contribution < -0.4 is 10.9 Å². The van der Waals surface area contributed by atoms with E-state index in [1.807, 2.05) is 6.92 Å². The third kappa shape index (κ3) is 2.81. The molecule has 4 aromatic rings. The number of aromatic nitrogens is 1. The number of nitrogens with zero attached hydrogens (tertiary/aromatic N) is 1. The summed E-state index contributed by atoms with van der Waals surface area (Å²) in [6.07, 6.45) is 1.66. The van der Waals surface area contributed by atoms with Gasteiger partial charge in [-0.1, -0.05) is 11.6 Å². The van der Waals surface area contributed by atoms with Crippen LogP contribution in [0.1, 0.15) is 16.7 Å². The molecular formula is C20H14ClN3O2. The highest BCUT2D eigenvalue weighted by Gasteiger charge is 2.10. The number of nitriles is 1. The van der Waals surface area contributed by atoms with Crippen molar-refractivity contribution in [3.8, 4) is 6.07 Å². The fraction of sp³-hybridized carbons (Fsp3) is 0.100. The second-order valence-electron chi connectivity index (χ2n) is 6.13. The maximum absolute atomic E-state index is 12.3. The predicted molar refractivity (Wildman–Crippen MR) is 103 cm³/mol. The van der Waals surface area contributed by atoms with Crippen molar-refractivity contribution in [2.45, 2.75) is 13.5 Å². The fourth-order valence-corrected chi connectivity index (χ4v) is 3.16. The van der Waals surface area contributed by atoms with Gasteiger partial charge in [-0.15, -0.1) is 0 Å². The first-order chi connectivity index (χ1) is 12.5. The Balaban J connectivity index is 1.70. The number of aryl methyl sites for hydroxylation is 1. The van der Waals surface area contributed by atoms with Crippen molar-refractivity contribution in [1.82, 2.24) is 4.98 Å². The lowest BCUT2D eigenvalue weighted by atomic mass is 10.1. The van der Waals surface area contributed by atoms with Crippen LogP contribution in [0.2, 0.25) is 5.02 Å². The zero-order chi connectivity index (χ0) is 18.3. The van der Waals surface area contributed by atoms with E-state index >= 15 is 0 Å². The number of pyridine rings is 1. The first kappa shape index (κ1) is 16.2. The Kier molecular flexibility index (Phi) is 3.90. The molecule has 0 unspecified atom stereocenters. The molecule has 0 spiro atoms. The number of benzene rings is 2. The SMILES string of the molecule is Cc1coc2cc(NCc3cc4cc(Cl)ccc4[nH]c3=O)c(C#N)cc12. The lowest BCUT2D eigenvalue weighted by Crippen LogP contribution is -2.16. The van der Waals surface area contributed by atoms with Gasteiger partial charge in [0.05, 0.1) is 17.5 Å². The topological polar surface area (TPSA) is 81.8 Å². The summed E-state index contributed by atoms with van der Waals surface area (Å²) in [5, 5.41) is 15.0. The number of halogens is 1. The molecule has 0 aliphatic heterocycles. The number of fused-ring (bicyclic) bond motifs is 2. The molecule has 2 heterocycles. The van der Waals surface area contributed by atoms with Crippen molar-refractivity contribution in [3.63, 3.8) is 0 Å². The Morgan fingerprint density at radius 3 is 2.92 bits per heavy atom. The highest BCUT2D eigenvalue weighted by atomic mass is 35.5. The summed E-state index contributed by atoms with van der Waals surface area (Å²) in [4.78, 5) is 15.1. The van der Waals surface area contributed by atoms with Crippen molar-refractivity contribution in [3.05, 3.63) is 74.7 Å². The van der Waals surface area contributed by atoms with Gasteiger partial charge in [0, 0.05) is 39.5 Å². The second-order valence-corrected chi connectivity index (χ2v) is 6.57. The van der Waals surface area contributed by atoms with Crippen molar-refractivity contribution in [2.24, 2.45) is 0 Å². The second kappa shape index (κ2) is 6.25. The van der Waals surface area contributed by atoms with Crippen LogP contribution in [0.25, 0.3) is 21.9 Å². The molecule has 2 aromatic heterocycles. The van der Waals surface area contributed by atoms with Crippen LogP contribution in [-0.2, 0) is 6.54 Å². The number of anilines is 1. The molecule has 0 bridgehead atoms. The first-order valence-electron chi connectivity index (χ1n) is 8.02. The van der Waals surface area contributed by atoms with E-state index in [-0.39, 0.29) is 12.1 Å². The van der Waals surface area contributed by atoms with Crippen LogP contribution in [0, 0.1) is 18.3 Å². The predicted octanol–water partition coefficient (Wildman–Crippen LogP) is 4.72. The van der Waals surface area contributed by atoms with E-state index in [9.17, 15) is 10.1 Å². The van der Waals surface area contributed by atoms with Gasteiger partial charge in [-0.3, -0.25) is 4.79 Å². The molecule has 0 amide bonds. The fourth-order valence-electron chi connectivity index (χ4n) is 2.98. The van der Waals surface area contributed by atoms with Gasteiger partial charge in [-0.2, -0.15) is 5.26 Å². The van der Waals surface area contributed by atoms with E-state index in [1.165, 1.54) is 0 Å². The highest BCUT2D eigenvalue weighted by molar-refractivity contribution is 6.31. The quantitative estimate of drug-likeness (QED) is 0.551. The molecule has 0 atom stereocenters. The normalized spacial score (nSPS) is 11.0. The van der Waals surface area contributed by atoms with Crippen molar-refractivity contribution < 1.29 is 4.42 Å². The minimum Gasteiger partial charge on any atom is -0.464 e. The van der Waals surface area contributed by atoms with Gasteiger partial charge in [0.15, 0.2) is 0 Å². The molecule has 0 saturated heterocycles. The summed E-state index contributed by atoms with van der Waals surface area (Å²) in [6.45, 7) is 2.21. The van der Waals surface area contributed by atoms with E-state index in [2.05, 4.69) is 16.4 Å². The summed E-state index contributed by atoms with van der Waals surface area (Å²) in [6, 6.07) is 12.9. The van der Waals surface area contributed by atoms with Crippen molar-refractivity contribution in [2.75, 3.05) is 5.32 Å². The molecule has 6 heteroatoms. The maximum Gasteiger partial charge on any atom is 0.253 e. The molecule has 5 nitrogen and oxygen atoms in total. The van der Waals surface area contributed by atoms with Gasteiger partial charge < -0.3 is 14.7 Å². The van der Waals surface area contributed by atoms with Gasteiger partial charge in [0.25, 0.3) is 5.56 Å². The summed E-state index contributed by atoms with van der Waals surface area (Å²) in [5.41, 5.74) is 3.91. The Morgan fingerprint density at radius 2 is 2.12 bits per heavy atom. The Morgan fingerprint density at radius 1 is 1.27 bits per heavy atom. The van der Waals surface area contributed by atoms with Gasteiger partial charge in [-0.25, -0.2) is 0 Å². The number of H-pyrrole nitrogens is 1. The van der Waals surface area contributed by atoms with Crippen LogP contribution in [-0.4, -0.2) is 4.98 Å². The Labute approximate surface area is 153 Å². The molecule has 0 saturated carbocycles. The van der Waals surface area contributed by atoms with Crippen LogP contribution in [0.3, 0.4) is 0 Å². The van der Waals surface area contributed by atoms with E-state index in [4.69, 9.17) is 16.0 Å². The average molecular weight is 364 g/mol. The molecule has 128 valence electrons. The van der Waals surface area contributed by atoms with Gasteiger partial charge in [0.2, 0.25) is 0 Å². The number of furan rings is 1. The lowest BCUT2D eigenvalue weighted by molar-refractivity contribution is 0.613. The maximum atomic E-state index is 12.3. The van der Waals surface area contributed by atoms with E-state index in [1.54, 1.807) is 42.7 Å². The molecule has 26 heavy (non-hydrogen) atoms. The summed E-state index contributed by atoms with van der Waals surface area (Å²) < 4.78 is 5.50. The van der Waals surface area contributed by atoms with Crippen LogP contribution in [0.15, 0.2) is 51.9 Å². The summed E-state index contributed by atoms with van der Waals surface area (Å²) in [7, 11) is 0. The number of rotatable bonds is 3. The van der Waals surface area contributed by atoms with E-state index < -0.39 is 0 Å². The number of aromatic amines is 1. The first-order valence-corrected chi connectivity index (χ1v) is 8.40. The number of nitrogens with one attached hydrogen (secondary N) is 2. The minimum atomic E-state index is -0.180. The molecule has 0 radical (unpaired) electrons. The molecule has 0 aliphatic rings. The highest BCUT2D eigenvalue weighted by Crippen LogP contribution is 2.27. The zero-order valence-electron chi connectivity index (χ0n) is 13.9. The van der Waals surface area contributed by atoms with Crippen LogP contribution >= 0.6 is 11.6 Å². The minimum absolute atomic E-state index is 0.180. The average Bonchev–Trinajstić information content (AvgIpc) is 2.99. The smallest absolute Gasteiger partial charge is 0.253 e. The molecule has 0 fully saturated rings. The third-order valence-electron chi connectivity index (χ3n) is 4.38. The van der Waals surface area contributed by atoms with Crippen LogP contribution in [0.5, 0.6) is 0 Å². The van der Waals surface area contributed by atoms with Gasteiger partial charge in [-0.05, 0) is 42.8 Å². The summed E-state index contributed by atoms with van der Waals surface area (Å²) in [5.74, 6) is 0. The van der Waals surface area contributed by atoms with E-state index in [0.29, 0.717) is 27.4 Å². The van der Waals surface area contributed by atoms with E-state index in [0.717, 1.165) is 21.9 Å². The molecular weight excluding hydrogens is 350 g/mol. The van der Waals surface area contributed by atoms with Gasteiger partial charge in [0.1, 0.15) is 11.7 Å². The number of hydrogen-bond acceptors (Lipinski definition) is 4. The largest absolute Gasteiger partial charge is 0.464 e. The standard InChI is InChI=1S/C20H14ClN3O2/c1-11-10-26-19-7-18(13(8-22)6-16(11)19)23-9-14-4-12-5-15(21)2-3-17(12)24-20(14)25/h2-7,10,23H,9H2,1H3,(H,24,25). The van der Waals surface area contributed by atoms with Crippen molar-refractivity contribution in [1.29, 1.82) is 5.26 Å². The van der Waals surface area contributed by atoms with Crippen molar-refractivity contribution >= 4 is 39.2 Å². The monoisotopic (exact) mass is 363 g/mol. The lowest BCUT2D eigenvalue weighted by Gasteiger charge is -2.09. The van der Waals surface area contributed by atoms with Gasteiger partial charge >= 0.3 is 0 Å². The Hall–Kier alpha value is -3.23. The van der Waals surface area contributed by atoms with Crippen LogP contribution in [0.4, 0.5) is 5.69 Å². The molecule has 2 aromatic carbocycles. The molecule has 4 rings (SSSR count). The third-order valence-corrected chi connectivity index (χ3v) is 4.62.